The van der Waals surface area contributed by atoms with Crippen LogP contribution in [0.2, 0.25) is 0 Å². The Bertz CT molecular complexity index is 985. The minimum Gasteiger partial charge on any atom is -0.326 e. The van der Waals surface area contributed by atoms with Gasteiger partial charge in [0.15, 0.2) is 0 Å². The molecule has 27 heavy (non-hydrogen) atoms. The van der Waals surface area contributed by atoms with E-state index in [1.807, 2.05) is 73.7 Å². The Kier molecular flexibility index (Phi) is 5.67. The minimum absolute atomic E-state index is 0.0696. The quantitative estimate of drug-likeness (QED) is 0.662. The topological polar surface area (TPSA) is 49.4 Å². The molecule has 0 aromatic heterocycles. The molecule has 0 heterocycles. The van der Waals surface area contributed by atoms with E-state index in [2.05, 4.69) is 5.32 Å². The molecule has 3 rings (SSSR count). The molecule has 1 N–H and O–H groups in total. The molecule has 0 fully saturated rings. The Morgan fingerprint density at radius 2 is 1.67 bits per heavy atom. The Morgan fingerprint density at radius 1 is 0.963 bits per heavy atom. The van der Waals surface area contributed by atoms with Crippen molar-refractivity contribution in [2.24, 2.45) is 0 Å². The summed E-state index contributed by atoms with van der Waals surface area (Å²) in [5, 5.41) is 4.89. The molecule has 0 bridgehead atoms. The lowest BCUT2D eigenvalue weighted by molar-refractivity contribution is -0.115. The van der Waals surface area contributed by atoms with Gasteiger partial charge >= 0.3 is 0 Å². The third kappa shape index (κ3) is 4.42. The van der Waals surface area contributed by atoms with Crippen LogP contribution >= 0.6 is 0 Å². The average molecular weight is 358 g/mol. The fourth-order valence-corrected chi connectivity index (χ4v) is 3.03. The monoisotopic (exact) mass is 358 g/mol. The molecule has 4 nitrogen and oxygen atoms in total. The van der Waals surface area contributed by atoms with Crippen LogP contribution in [0.15, 0.2) is 72.8 Å². The molecule has 3 aromatic rings. The lowest BCUT2D eigenvalue weighted by atomic mass is 10.1. The minimum atomic E-state index is -0.109. The van der Waals surface area contributed by atoms with Crippen LogP contribution in [0.5, 0.6) is 0 Å². The highest BCUT2D eigenvalue weighted by Crippen LogP contribution is 2.27. The number of likely N-dealkylation sites (N-methyl/N-ethyl adjacent to an activating group) is 1. The number of anilines is 2. The van der Waals surface area contributed by atoms with Gasteiger partial charge in [-0.3, -0.25) is 9.59 Å². The van der Waals surface area contributed by atoms with E-state index >= 15 is 0 Å². The first-order chi connectivity index (χ1) is 13.1. The number of amides is 2. The van der Waals surface area contributed by atoms with Gasteiger partial charge in [-0.25, -0.2) is 0 Å². The van der Waals surface area contributed by atoms with E-state index in [1.165, 1.54) is 6.92 Å². The van der Waals surface area contributed by atoms with Crippen LogP contribution in [0, 0.1) is 0 Å². The van der Waals surface area contributed by atoms with Gasteiger partial charge in [0.2, 0.25) is 5.91 Å². The van der Waals surface area contributed by atoms with Gasteiger partial charge in [-0.2, -0.15) is 0 Å². The van der Waals surface area contributed by atoms with Crippen molar-refractivity contribution in [3.63, 3.8) is 0 Å². The third-order valence-electron chi connectivity index (χ3n) is 4.29. The van der Waals surface area contributed by atoms with E-state index in [1.54, 1.807) is 17.1 Å². The number of fused-ring (bicyclic) bond motifs is 1. The van der Waals surface area contributed by atoms with E-state index in [0.717, 1.165) is 27.7 Å². The van der Waals surface area contributed by atoms with Gasteiger partial charge in [-0.1, -0.05) is 48.5 Å². The third-order valence-corrected chi connectivity index (χ3v) is 4.29. The van der Waals surface area contributed by atoms with Gasteiger partial charge in [-0.05, 0) is 42.1 Å². The molecular formula is C23H22N2O2. The number of carbonyl (C=O) groups excluding carboxylic acids is 2. The Balaban J connectivity index is 1.81. The number of rotatable bonds is 5. The SMILES string of the molecule is CCN(C(=O)/C=C/c1ccc(NC(C)=O)cc1)c1cccc2ccccc12. The summed E-state index contributed by atoms with van der Waals surface area (Å²) in [5.41, 5.74) is 2.54. The number of benzene rings is 3. The molecule has 4 heteroatoms. The molecule has 3 aromatic carbocycles. The van der Waals surface area contributed by atoms with E-state index in [-0.39, 0.29) is 11.8 Å². The maximum absolute atomic E-state index is 12.8. The van der Waals surface area contributed by atoms with Crippen molar-refractivity contribution in [3.05, 3.63) is 78.4 Å². The second-order valence-corrected chi connectivity index (χ2v) is 6.22. The molecule has 0 unspecified atom stereocenters. The van der Waals surface area contributed by atoms with Gasteiger partial charge in [-0.15, -0.1) is 0 Å². The highest BCUT2D eigenvalue weighted by Gasteiger charge is 2.13. The van der Waals surface area contributed by atoms with Gasteiger partial charge in [0.25, 0.3) is 5.91 Å². The Hall–Kier alpha value is -3.40. The summed E-state index contributed by atoms with van der Waals surface area (Å²) in [6.07, 6.45) is 3.37. The van der Waals surface area contributed by atoms with Crippen molar-refractivity contribution in [2.75, 3.05) is 16.8 Å². The van der Waals surface area contributed by atoms with Crippen molar-refractivity contribution in [1.29, 1.82) is 0 Å². The Labute approximate surface area is 159 Å². The first-order valence-corrected chi connectivity index (χ1v) is 8.93. The van der Waals surface area contributed by atoms with Gasteiger partial charge in [0, 0.05) is 30.6 Å². The van der Waals surface area contributed by atoms with Crippen LogP contribution in [-0.4, -0.2) is 18.4 Å². The first-order valence-electron chi connectivity index (χ1n) is 8.93. The molecule has 0 aliphatic carbocycles. The maximum atomic E-state index is 12.8. The predicted molar refractivity (Wildman–Crippen MR) is 112 cm³/mol. The molecule has 2 amide bonds. The highest BCUT2D eigenvalue weighted by molar-refractivity contribution is 6.09. The lowest BCUT2D eigenvalue weighted by Crippen LogP contribution is -2.28. The molecule has 0 aliphatic heterocycles. The lowest BCUT2D eigenvalue weighted by Gasteiger charge is -2.21. The number of nitrogens with one attached hydrogen (secondary N) is 1. The zero-order chi connectivity index (χ0) is 19.2. The first kappa shape index (κ1) is 18.4. The summed E-state index contributed by atoms with van der Waals surface area (Å²) in [4.78, 5) is 25.6. The molecular weight excluding hydrogens is 336 g/mol. The van der Waals surface area contributed by atoms with Crippen molar-refractivity contribution in [3.8, 4) is 0 Å². The maximum Gasteiger partial charge on any atom is 0.250 e. The zero-order valence-corrected chi connectivity index (χ0v) is 15.5. The van der Waals surface area contributed by atoms with Crippen LogP contribution in [-0.2, 0) is 9.59 Å². The second-order valence-electron chi connectivity index (χ2n) is 6.22. The van der Waals surface area contributed by atoms with Crippen LogP contribution in [0.1, 0.15) is 19.4 Å². The Morgan fingerprint density at radius 3 is 2.37 bits per heavy atom. The summed E-state index contributed by atoms with van der Waals surface area (Å²) >= 11 is 0. The van der Waals surface area contributed by atoms with E-state index in [0.29, 0.717) is 6.54 Å². The normalized spacial score (nSPS) is 10.9. The molecule has 136 valence electrons. The van der Waals surface area contributed by atoms with Gasteiger partial charge < -0.3 is 10.2 Å². The molecule has 0 saturated heterocycles. The van der Waals surface area contributed by atoms with Crippen LogP contribution in [0.3, 0.4) is 0 Å². The van der Waals surface area contributed by atoms with Crippen LogP contribution in [0.4, 0.5) is 11.4 Å². The van der Waals surface area contributed by atoms with Crippen LogP contribution < -0.4 is 10.2 Å². The van der Waals surface area contributed by atoms with Crippen molar-refractivity contribution in [2.45, 2.75) is 13.8 Å². The predicted octanol–water partition coefficient (Wildman–Crippen LogP) is 4.86. The smallest absolute Gasteiger partial charge is 0.250 e. The molecule has 0 saturated carbocycles. The molecule has 0 aliphatic rings. The summed E-state index contributed by atoms with van der Waals surface area (Å²) in [7, 11) is 0. The summed E-state index contributed by atoms with van der Waals surface area (Å²) in [5.74, 6) is -0.179. The zero-order valence-electron chi connectivity index (χ0n) is 15.5. The second kappa shape index (κ2) is 8.32. The number of hydrogen-bond donors (Lipinski definition) is 1. The van der Waals surface area contributed by atoms with Crippen molar-refractivity contribution < 1.29 is 9.59 Å². The standard InChI is InChI=1S/C23H22N2O2/c1-3-25(22-10-6-8-19-7-4-5-9-21(19)22)23(27)16-13-18-11-14-20(15-12-18)24-17(2)26/h4-16H,3H2,1-2H3,(H,24,26)/b16-13+. The molecule has 0 spiro atoms. The van der Waals surface area contributed by atoms with E-state index in [4.69, 9.17) is 0 Å². The summed E-state index contributed by atoms with van der Waals surface area (Å²) < 4.78 is 0. The molecule has 0 radical (unpaired) electrons. The molecule has 0 atom stereocenters. The number of carbonyl (C=O) groups is 2. The number of nitrogens with zero attached hydrogens (tertiary/aromatic N) is 1. The van der Waals surface area contributed by atoms with Crippen LogP contribution in [0.25, 0.3) is 16.8 Å². The number of hydrogen-bond acceptors (Lipinski definition) is 2. The largest absolute Gasteiger partial charge is 0.326 e. The van der Waals surface area contributed by atoms with E-state index in [9.17, 15) is 9.59 Å². The van der Waals surface area contributed by atoms with Crippen molar-refractivity contribution in [1.82, 2.24) is 0 Å². The summed E-state index contributed by atoms with van der Waals surface area (Å²) in [6, 6.07) is 21.4. The fourth-order valence-electron chi connectivity index (χ4n) is 3.03. The average Bonchev–Trinajstić information content (AvgIpc) is 2.68. The van der Waals surface area contributed by atoms with Gasteiger partial charge in [0.05, 0.1) is 5.69 Å². The van der Waals surface area contributed by atoms with Crippen molar-refractivity contribution >= 4 is 40.0 Å². The van der Waals surface area contributed by atoms with E-state index < -0.39 is 0 Å². The highest BCUT2D eigenvalue weighted by atomic mass is 16.2. The summed E-state index contributed by atoms with van der Waals surface area (Å²) in [6.45, 7) is 4.02. The van der Waals surface area contributed by atoms with Gasteiger partial charge in [0.1, 0.15) is 0 Å². The fraction of sp³-hybridized carbons (Fsp3) is 0.130.